The van der Waals surface area contributed by atoms with Gasteiger partial charge in [0.25, 0.3) is 0 Å². The van der Waals surface area contributed by atoms with Crippen molar-refractivity contribution >= 4 is 15.9 Å². The number of alkyl halides is 3. The Morgan fingerprint density at radius 2 is 2.00 bits per heavy atom. The van der Waals surface area contributed by atoms with E-state index in [4.69, 9.17) is 10.5 Å². The first-order chi connectivity index (χ1) is 8.78. The van der Waals surface area contributed by atoms with Gasteiger partial charge in [-0.15, -0.1) is 13.2 Å². The number of hydrogen-bond acceptors (Lipinski definition) is 3. The van der Waals surface area contributed by atoms with Crippen molar-refractivity contribution in [3.05, 3.63) is 28.2 Å². The van der Waals surface area contributed by atoms with E-state index in [2.05, 4.69) is 20.7 Å². The third kappa shape index (κ3) is 6.79. The van der Waals surface area contributed by atoms with Crippen molar-refractivity contribution < 1.29 is 22.6 Å². The third-order valence-electron chi connectivity index (χ3n) is 2.16. The molecule has 3 nitrogen and oxygen atoms in total. The minimum Gasteiger partial charge on any atom is -0.490 e. The molecule has 0 bridgehead atoms. The molecule has 0 spiro atoms. The lowest BCUT2D eigenvalue weighted by Crippen LogP contribution is -2.18. The summed E-state index contributed by atoms with van der Waals surface area (Å²) in [6, 6.07) is 5.39. The average molecular weight is 342 g/mol. The van der Waals surface area contributed by atoms with Crippen LogP contribution in [0.25, 0.3) is 0 Å². The van der Waals surface area contributed by atoms with Gasteiger partial charge in [-0.3, -0.25) is 4.74 Å². The van der Waals surface area contributed by atoms with E-state index in [0.717, 1.165) is 12.0 Å². The molecular formula is C12H15BrF3NO2. The van der Waals surface area contributed by atoms with Crippen molar-refractivity contribution in [1.29, 1.82) is 0 Å². The summed E-state index contributed by atoms with van der Waals surface area (Å²) in [5.74, 6) is 0.471. The Morgan fingerprint density at radius 1 is 1.32 bits per heavy atom. The fraction of sp³-hybridized carbons (Fsp3) is 0.500. The zero-order valence-electron chi connectivity index (χ0n) is 10.3. The summed E-state index contributed by atoms with van der Waals surface area (Å²) in [4.78, 5) is 0. The van der Waals surface area contributed by atoms with Crippen LogP contribution in [-0.4, -0.2) is 25.6 Å². The van der Waals surface area contributed by atoms with Crippen LogP contribution >= 0.6 is 15.9 Å². The lowest BCUT2D eigenvalue weighted by molar-refractivity contribution is -0.325. The normalized spacial score (nSPS) is 13.4. The van der Waals surface area contributed by atoms with E-state index in [-0.39, 0.29) is 12.6 Å². The highest BCUT2D eigenvalue weighted by atomic mass is 79.9. The zero-order valence-corrected chi connectivity index (χ0v) is 11.9. The van der Waals surface area contributed by atoms with Crippen molar-refractivity contribution in [3.63, 3.8) is 0 Å². The minimum absolute atomic E-state index is 0.0406. The van der Waals surface area contributed by atoms with E-state index >= 15 is 0 Å². The van der Waals surface area contributed by atoms with Gasteiger partial charge in [0.2, 0.25) is 0 Å². The van der Waals surface area contributed by atoms with Crippen LogP contribution in [0.3, 0.4) is 0 Å². The van der Waals surface area contributed by atoms with Gasteiger partial charge in [0.1, 0.15) is 12.4 Å². The van der Waals surface area contributed by atoms with Gasteiger partial charge in [-0.25, -0.2) is 0 Å². The summed E-state index contributed by atoms with van der Waals surface area (Å²) in [5.41, 5.74) is 6.71. The summed E-state index contributed by atoms with van der Waals surface area (Å²) in [7, 11) is 0. The van der Waals surface area contributed by atoms with Gasteiger partial charge < -0.3 is 10.5 Å². The van der Waals surface area contributed by atoms with Crippen LogP contribution in [-0.2, 0) is 11.2 Å². The maximum Gasteiger partial charge on any atom is 0.522 e. The smallest absolute Gasteiger partial charge is 0.490 e. The van der Waals surface area contributed by atoms with Crippen molar-refractivity contribution in [2.75, 3.05) is 13.2 Å². The van der Waals surface area contributed by atoms with Gasteiger partial charge >= 0.3 is 6.36 Å². The Bertz CT molecular complexity index is 410. The number of ether oxygens (including phenoxy) is 2. The molecule has 0 aliphatic heterocycles. The molecule has 19 heavy (non-hydrogen) atoms. The Labute approximate surface area is 118 Å². The molecule has 1 rings (SSSR count). The number of halogens is 4. The number of nitrogens with two attached hydrogens (primary N) is 1. The molecule has 0 radical (unpaired) electrons. The summed E-state index contributed by atoms with van der Waals surface area (Å²) >= 11 is 3.30. The van der Waals surface area contributed by atoms with Gasteiger partial charge in [0.05, 0.1) is 11.1 Å². The highest BCUT2D eigenvalue weighted by molar-refractivity contribution is 9.10. The molecule has 0 heterocycles. The molecule has 0 aliphatic carbocycles. The van der Waals surface area contributed by atoms with Crippen LogP contribution in [0.1, 0.15) is 12.5 Å². The van der Waals surface area contributed by atoms with E-state index in [1.165, 1.54) is 0 Å². The molecule has 0 aromatic heterocycles. The predicted octanol–water partition coefficient (Wildman–Crippen LogP) is 3.25. The van der Waals surface area contributed by atoms with Crippen molar-refractivity contribution in [1.82, 2.24) is 0 Å². The number of hydrogen-bond donors (Lipinski definition) is 1. The predicted molar refractivity (Wildman–Crippen MR) is 69.0 cm³/mol. The van der Waals surface area contributed by atoms with Gasteiger partial charge in [0, 0.05) is 6.04 Å². The van der Waals surface area contributed by atoms with Crippen molar-refractivity contribution in [2.45, 2.75) is 25.7 Å². The molecule has 1 unspecified atom stereocenters. The molecule has 0 aliphatic rings. The van der Waals surface area contributed by atoms with Crippen LogP contribution in [0.5, 0.6) is 5.75 Å². The average Bonchev–Trinajstić information content (AvgIpc) is 2.24. The molecular weight excluding hydrogens is 327 g/mol. The second-order valence-electron chi connectivity index (χ2n) is 4.09. The monoisotopic (exact) mass is 341 g/mol. The molecule has 0 amide bonds. The van der Waals surface area contributed by atoms with Gasteiger partial charge in [-0.2, -0.15) is 0 Å². The van der Waals surface area contributed by atoms with Crippen molar-refractivity contribution in [3.8, 4) is 5.75 Å². The van der Waals surface area contributed by atoms with Crippen LogP contribution in [0, 0.1) is 0 Å². The van der Waals surface area contributed by atoms with Crippen molar-refractivity contribution in [2.24, 2.45) is 5.73 Å². The molecule has 0 fully saturated rings. The quantitative estimate of drug-likeness (QED) is 0.807. The van der Waals surface area contributed by atoms with E-state index in [1.807, 2.05) is 19.1 Å². The summed E-state index contributed by atoms with van der Waals surface area (Å²) in [5, 5.41) is 0. The zero-order chi connectivity index (χ0) is 14.5. The van der Waals surface area contributed by atoms with E-state index in [0.29, 0.717) is 10.2 Å². The minimum atomic E-state index is -4.62. The SMILES string of the molecule is CC(N)Cc1ccc(OCCOC(F)(F)F)c(Br)c1. The fourth-order valence-corrected chi connectivity index (χ4v) is 2.01. The highest BCUT2D eigenvalue weighted by Gasteiger charge is 2.28. The van der Waals surface area contributed by atoms with Crippen LogP contribution in [0.2, 0.25) is 0 Å². The first kappa shape index (κ1) is 16.3. The molecule has 1 atom stereocenters. The second-order valence-corrected chi connectivity index (χ2v) is 4.94. The van der Waals surface area contributed by atoms with Crippen LogP contribution in [0.15, 0.2) is 22.7 Å². The van der Waals surface area contributed by atoms with E-state index in [9.17, 15) is 13.2 Å². The van der Waals surface area contributed by atoms with Gasteiger partial charge in [0.15, 0.2) is 0 Å². The topological polar surface area (TPSA) is 44.5 Å². The lowest BCUT2D eigenvalue weighted by Gasteiger charge is -2.12. The Kier molecular flexibility index (Phi) is 6.09. The van der Waals surface area contributed by atoms with E-state index in [1.54, 1.807) is 6.07 Å². The Morgan fingerprint density at radius 3 is 2.53 bits per heavy atom. The first-order valence-corrected chi connectivity index (χ1v) is 6.45. The summed E-state index contributed by atoms with van der Waals surface area (Å²) < 4.78 is 44.7. The standard InChI is InChI=1S/C12H15BrF3NO2/c1-8(17)6-9-2-3-11(10(13)7-9)18-4-5-19-12(14,15)16/h2-3,7-8H,4-6,17H2,1H3. The number of rotatable bonds is 6. The highest BCUT2D eigenvalue weighted by Crippen LogP contribution is 2.26. The lowest BCUT2D eigenvalue weighted by atomic mass is 10.1. The molecule has 1 aromatic rings. The molecule has 7 heteroatoms. The third-order valence-corrected chi connectivity index (χ3v) is 2.78. The molecule has 108 valence electrons. The summed E-state index contributed by atoms with van der Waals surface area (Å²) in [6.45, 7) is 1.18. The van der Waals surface area contributed by atoms with Crippen LogP contribution in [0.4, 0.5) is 13.2 Å². The fourth-order valence-electron chi connectivity index (χ4n) is 1.47. The summed E-state index contributed by atoms with van der Waals surface area (Å²) in [6.07, 6.45) is -3.90. The Balaban J connectivity index is 2.46. The Hall–Kier alpha value is -0.790. The molecule has 0 saturated heterocycles. The maximum absolute atomic E-state index is 11.7. The maximum atomic E-state index is 11.7. The second kappa shape index (κ2) is 7.12. The molecule has 2 N–H and O–H groups in total. The van der Waals surface area contributed by atoms with Crippen LogP contribution < -0.4 is 10.5 Å². The van der Waals surface area contributed by atoms with Gasteiger partial charge in [-0.05, 0) is 47.0 Å². The van der Waals surface area contributed by atoms with E-state index < -0.39 is 13.0 Å². The molecule has 1 aromatic carbocycles. The number of benzene rings is 1. The molecule has 0 saturated carbocycles. The first-order valence-electron chi connectivity index (χ1n) is 5.65. The van der Waals surface area contributed by atoms with Gasteiger partial charge in [-0.1, -0.05) is 6.07 Å². The largest absolute Gasteiger partial charge is 0.522 e.